The number of carbonyl (C=O) groups is 1. The lowest BCUT2D eigenvalue weighted by Crippen LogP contribution is -1.98. The second-order valence-electron chi connectivity index (χ2n) is 4.17. The zero-order valence-electron chi connectivity index (χ0n) is 9.97. The Morgan fingerprint density at radius 2 is 1.68 bits per heavy atom. The number of benzene rings is 1. The SMILES string of the molecule is O=C1OCC(c2ccc(Cl)cc2)=C1c1ccncc1. The second-order valence-corrected chi connectivity index (χ2v) is 4.61. The van der Waals surface area contributed by atoms with E-state index in [1.807, 2.05) is 12.1 Å². The molecule has 2 aromatic rings. The Kier molecular flexibility index (Phi) is 3.05. The predicted molar refractivity (Wildman–Crippen MR) is 73.5 cm³/mol. The molecule has 1 aromatic carbocycles. The van der Waals surface area contributed by atoms with Crippen LogP contribution in [0.4, 0.5) is 0 Å². The fraction of sp³-hybridized carbons (Fsp3) is 0.0667. The lowest BCUT2D eigenvalue weighted by molar-refractivity contribution is -0.133. The molecule has 0 N–H and O–H groups in total. The Hall–Kier alpha value is -2.13. The molecular weight excluding hydrogens is 262 g/mol. The van der Waals surface area contributed by atoms with E-state index in [0.29, 0.717) is 10.6 Å². The molecule has 0 fully saturated rings. The van der Waals surface area contributed by atoms with E-state index >= 15 is 0 Å². The number of esters is 1. The third kappa shape index (κ3) is 2.25. The fourth-order valence-corrected chi connectivity index (χ4v) is 2.22. The number of nitrogens with zero attached hydrogens (tertiary/aromatic N) is 1. The second kappa shape index (κ2) is 4.86. The molecule has 0 amide bonds. The number of hydrogen-bond acceptors (Lipinski definition) is 3. The van der Waals surface area contributed by atoms with Crippen molar-refractivity contribution in [3.8, 4) is 0 Å². The lowest BCUT2D eigenvalue weighted by atomic mass is 9.97. The fourth-order valence-electron chi connectivity index (χ4n) is 2.09. The first-order valence-electron chi connectivity index (χ1n) is 5.82. The Labute approximate surface area is 115 Å². The van der Waals surface area contributed by atoms with Crippen molar-refractivity contribution in [3.63, 3.8) is 0 Å². The summed E-state index contributed by atoms with van der Waals surface area (Å²) in [4.78, 5) is 15.9. The number of halogens is 1. The van der Waals surface area contributed by atoms with Crippen LogP contribution in [0.1, 0.15) is 11.1 Å². The smallest absolute Gasteiger partial charge is 0.339 e. The van der Waals surface area contributed by atoms with E-state index in [-0.39, 0.29) is 12.6 Å². The summed E-state index contributed by atoms with van der Waals surface area (Å²) in [5.74, 6) is -0.295. The normalized spacial score (nSPS) is 14.7. The van der Waals surface area contributed by atoms with Crippen molar-refractivity contribution < 1.29 is 9.53 Å². The maximum atomic E-state index is 11.9. The van der Waals surface area contributed by atoms with Gasteiger partial charge in [0, 0.05) is 23.0 Å². The summed E-state index contributed by atoms with van der Waals surface area (Å²) in [5, 5.41) is 0.667. The third-order valence-corrected chi connectivity index (χ3v) is 3.27. The highest BCUT2D eigenvalue weighted by molar-refractivity contribution is 6.31. The first-order chi connectivity index (χ1) is 9.25. The molecule has 0 spiro atoms. The standard InChI is InChI=1S/C15H10ClNO2/c16-12-3-1-10(2-4-12)13-9-19-15(18)14(13)11-5-7-17-8-6-11/h1-8H,9H2. The number of hydrogen-bond donors (Lipinski definition) is 0. The zero-order valence-corrected chi connectivity index (χ0v) is 10.7. The van der Waals surface area contributed by atoms with Gasteiger partial charge in [0.05, 0.1) is 5.57 Å². The van der Waals surface area contributed by atoms with Gasteiger partial charge in [-0.15, -0.1) is 0 Å². The van der Waals surface area contributed by atoms with Crippen LogP contribution in [0.2, 0.25) is 5.02 Å². The third-order valence-electron chi connectivity index (χ3n) is 3.02. The van der Waals surface area contributed by atoms with Crippen molar-refractivity contribution in [2.75, 3.05) is 6.61 Å². The van der Waals surface area contributed by atoms with Gasteiger partial charge in [-0.25, -0.2) is 4.79 Å². The van der Waals surface area contributed by atoms with Crippen molar-refractivity contribution in [1.82, 2.24) is 4.98 Å². The molecule has 0 bridgehead atoms. The first-order valence-corrected chi connectivity index (χ1v) is 6.20. The number of aromatic nitrogens is 1. The van der Waals surface area contributed by atoms with Gasteiger partial charge in [-0.2, -0.15) is 0 Å². The number of pyridine rings is 1. The summed E-state index contributed by atoms with van der Waals surface area (Å²) in [5.41, 5.74) is 3.25. The van der Waals surface area contributed by atoms with Gasteiger partial charge in [-0.05, 0) is 35.4 Å². The monoisotopic (exact) mass is 271 g/mol. The lowest BCUT2D eigenvalue weighted by Gasteiger charge is -2.04. The van der Waals surface area contributed by atoms with Crippen LogP contribution in [-0.2, 0) is 9.53 Å². The van der Waals surface area contributed by atoms with Crippen LogP contribution < -0.4 is 0 Å². The van der Waals surface area contributed by atoms with Crippen molar-refractivity contribution in [2.24, 2.45) is 0 Å². The number of carbonyl (C=O) groups excluding carboxylic acids is 1. The molecule has 0 saturated heterocycles. The summed E-state index contributed by atoms with van der Waals surface area (Å²) in [6.07, 6.45) is 3.32. The van der Waals surface area contributed by atoms with Gasteiger partial charge in [-0.1, -0.05) is 23.7 Å². The van der Waals surface area contributed by atoms with Gasteiger partial charge < -0.3 is 4.74 Å². The van der Waals surface area contributed by atoms with Crippen LogP contribution in [0.25, 0.3) is 11.1 Å². The molecular formula is C15H10ClNO2. The van der Waals surface area contributed by atoms with E-state index in [1.165, 1.54) is 0 Å². The number of rotatable bonds is 2. The van der Waals surface area contributed by atoms with Gasteiger partial charge in [0.2, 0.25) is 0 Å². The molecule has 2 heterocycles. The van der Waals surface area contributed by atoms with Crippen molar-refractivity contribution in [1.29, 1.82) is 0 Å². The number of ether oxygens (including phenoxy) is 1. The van der Waals surface area contributed by atoms with Crippen LogP contribution in [0, 0.1) is 0 Å². The molecule has 19 heavy (non-hydrogen) atoms. The summed E-state index contributed by atoms with van der Waals surface area (Å²) >= 11 is 5.88. The molecule has 1 aliphatic rings. The largest absolute Gasteiger partial charge is 0.457 e. The summed E-state index contributed by atoms with van der Waals surface area (Å²) in [6, 6.07) is 11.0. The van der Waals surface area contributed by atoms with Gasteiger partial charge >= 0.3 is 5.97 Å². The molecule has 3 rings (SSSR count). The van der Waals surface area contributed by atoms with Gasteiger partial charge in [0.15, 0.2) is 0 Å². The zero-order chi connectivity index (χ0) is 13.2. The average molecular weight is 272 g/mol. The highest BCUT2D eigenvalue weighted by Crippen LogP contribution is 2.32. The van der Waals surface area contributed by atoms with Gasteiger partial charge in [0.25, 0.3) is 0 Å². The summed E-state index contributed by atoms with van der Waals surface area (Å²) in [6.45, 7) is 0.290. The Morgan fingerprint density at radius 1 is 1.00 bits per heavy atom. The average Bonchev–Trinajstić information content (AvgIpc) is 2.82. The predicted octanol–water partition coefficient (Wildman–Crippen LogP) is 3.20. The molecule has 1 aliphatic heterocycles. The van der Waals surface area contributed by atoms with Crippen LogP contribution >= 0.6 is 11.6 Å². The minimum absolute atomic E-state index is 0.290. The van der Waals surface area contributed by atoms with Crippen molar-refractivity contribution in [2.45, 2.75) is 0 Å². The molecule has 0 saturated carbocycles. The summed E-state index contributed by atoms with van der Waals surface area (Å²) < 4.78 is 5.15. The number of cyclic esters (lactones) is 1. The van der Waals surface area contributed by atoms with E-state index < -0.39 is 0 Å². The molecule has 94 valence electrons. The molecule has 3 nitrogen and oxygen atoms in total. The van der Waals surface area contributed by atoms with Crippen molar-refractivity contribution >= 4 is 28.7 Å². The molecule has 0 unspecified atom stereocenters. The maximum absolute atomic E-state index is 11.9. The van der Waals surface area contributed by atoms with E-state index in [4.69, 9.17) is 16.3 Å². The maximum Gasteiger partial charge on any atom is 0.339 e. The molecule has 0 radical (unpaired) electrons. The Morgan fingerprint density at radius 3 is 2.37 bits per heavy atom. The Balaban J connectivity index is 2.13. The highest BCUT2D eigenvalue weighted by Gasteiger charge is 2.26. The quantitative estimate of drug-likeness (QED) is 0.788. The molecule has 0 atom stereocenters. The molecule has 4 heteroatoms. The van der Waals surface area contributed by atoms with Crippen molar-refractivity contribution in [3.05, 3.63) is 64.9 Å². The first kappa shape index (κ1) is 11.9. The van der Waals surface area contributed by atoms with E-state index in [2.05, 4.69) is 4.98 Å². The van der Waals surface area contributed by atoms with Crippen LogP contribution in [0.15, 0.2) is 48.8 Å². The minimum atomic E-state index is -0.295. The topological polar surface area (TPSA) is 39.2 Å². The van der Waals surface area contributed by atoms with E-state index in [0.717, 1.165) is 16.7 Å². The minimum Gasteiger partial charge on any atom is -0.457 e. The van der Waals surface area contributed by atoms with E-state index in [9.17, 15) is 4.79 Å². The molecule has 1 aromatic heterocycles. The molecule has 0 aliphatic carbocycles. The Bertz CT molecular complexity index is 648. The highest BCUT2D eigenvalue weighted by atomic mass is 35.5. The van der Waals surface area contributed by atoms with Crippen LogP contribution in [-0.4, -0.2) is 17.6 Å². The van der Waals surface area contributed by atoms with Gasteiger partial charge in [-0.3, -0.25) is 4.98 Å². The van der Waals surface area contributed by atoms with E-state index in [1.54, 1.807) is 36.7 Å². The van der Waals surface area contributed by atoms with Gasteiger partial charge in [0.1, 0.15) is 6.61 Å². The van der Waals surface area contributed by atoms with Crippen LogP contribution in [0.5, 0.6) is 0 Å². The van der Waals surface area contributed by atoms with Crippen LogP contribution in [0.3, 0.4) is 0 Å². The summed E-state index contributed by atoms with van der Waals surface area (Å²) in [7, 11) is 0.